The third-order valence-electron chi connectivity index (χ3n) is 12.6. The Morgan fingerprint density at radius 2 is 0.766 bits per heavy atom. The highest BCUT2D eigenvalue weighted by molar-refractivity contribution is 6.13. The highest BCUT2D eigenvalue weighted by atomic mass is 15.1. The number of hydrogen-bond acceptors (Lipinski definition) is 1. The first-order chi connectivity index (χ1) is 31.7. The molecule has 3 aromatic heterocycles. The van der Waals surface area contributed by atoms with Gasteiger partial charge in [-0.3, -0.25) is 4.57 Å². The van der Waals surface area contributed by atoms with Crippen LogP contribution >= 0.6 is 0 Å². The van der Waals surface area contributed by atoms with Gasteiger partial charge in [-0.25, -0.2) is 4.98 Å². The summed E-state index contributed by atoms with van der Waals surface area (Å²) in [6, 6.07) is 83.1. The standard InChI is InChI=1S/C61H41N3/c1-2-41-27-30-58-53(33-41)55-38-47(28-31-59(55)63(58)51-35-48(42-17-7-3-8-18-42)34-49(36-51)43-19-9-4-10-20-43)46-29-32-60-54(37-46)52-25-15-16-26-57(52)64(60)61-40-50(44-21-11-5-12-22-44)39-56(62-61)45-23-13-6-14-24-45/h2-40H,1H2. The van der Waals surface area contributed by atoms with Gasteiger partial charge in [0.05, 0.1) is 27.8 Å². The van der Waals surface area contributed by atoms with Gasteiger partial charge in [-0.1, -0.05) is 170 Å². The van der Waals surface area contributed by atoms with Crippen molar-refractivity contribution < 1.29 is 0 Å². The van der Waals surface area contributed by atoms with Crippen molar-refractivity contribution in [1.29, 1.82) is 0 Å². The number of fused-ring (bicyclic) bond motifs is 6. The largest absolute Gasteiger partial charge is 0.309 e. The first-order valence-corrected chi connectivity index (χ1v) is 21.8. The molecule has 0 saturated carbocycles. The lowest BCUT2D eigenvalue weighted by Crippen LogP contribution is -2.00. The Kier molecular flexibility index (Phi) is 8.98. The Balaban J connectivity index is 1.04. The molecule has 0 amide bonds. The van der Waals surface area contributed by atoms with Crippen LogP contribution in [0.2, 0.25) is 0 Å². The summed E-state index contributed by atoms with van der Waals surface area (Å²) in [5, 5.41) is 4.76. The van der Waals surface area contributed by atoms with Crippen LogP contribution in [0.15, 0.2) is 237 Å². The second-order valence-corrected chi connectivity index (χ2v) is 16.5. The molecule has 0 unspecified atom stereocenters. The first-order valence-electron chi connectivity index (χ1n) is 21.8. The molecule has 0 radical (unpaired) electrons. The van der Waals surface area contributed by atoms with E-state index in [-0.39, 0.29) is 0 Å². The Bertz CT molecular complexity index is 3600. The summed E-state index contributed by atoms with van der Waals surface area (Å²) in [5.41, 5.74) is 18.1. The quantitative estimate of drug-likeness (QED) is 0.150. The highest BCUT2D eigenvalue weighted by Crippen LogP contribution is 2.41. The van der Waals surface area contributed by atoms with Crippen LogP contribution in [0.1, 0.15) is 5.56 Å². The van der Waals surface area contributed by atoms with Crippen molar-refractivity contribution in [2.75, 3.05) is 0 Å². The topological polar surface area (TPSA) is 22.8 Å². The Morgan fingerprint density at radius 3 is 1.34 bits per heavy atom. The molecular formula is C61H41N3. The van der Waals surface area contributed by atoms with E-state index in [0.717, 1.165) is 72.6 Å². The SMILES string of the molecule is C=Cc1ccc2c(c1)c1cc(-c3ccc4c(c3)c3ccccc3n4-c3cc(-c4ccccc4)cc(-c4ccccc4)n3)ccc1n2-c1cc(-c2ccccc2)cc(-c2ccccc2)c1. The van der Waals surface area contributed by atoms with E-state index >= 15 is 0 Å². The summed E-state index contributed by atoms with van der Waals surface area (Å²) in [5.74, 6) is 0.887. The van der Waals surface area contributed by atoms with Crippen LogP contribution in [0, 0.1) is 0 Å². The molecule has 0 aliphatic rings. The van der Waals surface area contributed by atoms with Crippen molar-refractivity contribution in [3.05, 3.63) is 243 Å². The average Bonchev–Trinajstić information content (AvgIpc) is 3.89. The smallest absolute Gasteiger partial charge is 0.138 e. The fraction of sp³-hybridized carbons (Fsp3) is 0. The number of aromatic nitrogens is 3. The fourth-order valence-electron chi connectivity index (χ4n) is 9.54. The minimum Gasteiger partial charge on any atom is -0.309 e. The Labute approximate surface area is 372 Å². The van der Waals surface area contributed by atoms with Gasteiger partial charge in [0.15, 0.2) is 0 Å². The lowest BCUT2D eigenvalue weighted by Gasteiger charge is -2.14. The van der Waals surface area contributed by atoms with Gasteiger partial charge in [0.1, 0.15) is 5.82 Å². The molecule has 9 aromatic carbocycles. The summed E-state index contributed by atoms with van der Waals surface area (Å²) in [7, 11) is 0. The molecule has 12 aromatic rings. The third kappa shape index (κ3) is 6.42. The van der Waals surface area contributed by atoms with Crippen molar-refractivity contribution in [2.24, 2.45) is 0 Å². The van der Waals surface area contributed by atoms with Gasteiger partial charge in [0.2, 0.25) is 0 Å². The molecule has 0 atom stereocenters. The van der Waals surface area contributed by atoms with Crippen LogP contribution in [0.4, 0.5) is 0 Å². The second-order valence-electron chi connectivity index (χ2n) is 16.5. The maximum Gasteiger partial charge on any atom is 0.138 e. The van der Waals surface area contributed by atoms with Crippen LogP contribution in [-0.4, -0.2) is 14.1 Å². The lowest BCUT2D eigenvalue weighted by atomic mass is 9.98. The van der Waals surface area contributed by atoms with E-state index in [0.29, 0.717) is 0 Å². The minimum atomic E-state index is 0.887. The maximum absolute atomic E-state index is 5.36. The Morgan fingerprint density at radius 1 is 0.312 bits per heavy atom. The zero-order valence-electron chi connectivity index (χ0n) is 35.1. The van der Waals surface area contributed by atoms with Gasteiger partial charge < -0.3 is 4.57 Å². The number of nitrogens with zero attached hydrogens (tertiary/aromatic N) is 3. The molecule has 300 valence electrons. The molecule has 3 heterocycles. The predicted octanol–water partition coefficient (Wildman–Crippen LogP) is 16.3. The summed E-state index contributed by atoms with van der Waals surface area (Å²) >= 11 is 0. The molecule has 64 heavy (non-hydrogen) atoms. The number of hydrogen-bond donors (Lipinski definition) is 0. The normalized spacial score (nSPS) is 11.5. The zero-order chi connectivity index (χ0) is 42.6. The van der Waals surface area contributed by atoms with Crippen molar-refractivity contribution in [2.45, 2.75) is 0 Å². The molecule has 0 aliphatic carbocycles. The molecular weight excluding hydrogens is 775 g/mol. The predicted molar refractivity (Wildman–Crippen MR) is 270 cm³/mol. The van der Waals surface area contributed by atoms with Gasteiger partial charge >= 0.3 is 0 Å². The monoisotopic (exact) mass is 815 g/mol. The number of para-hydroxylation sites is 1. The van der Waals surface area contributed by atoms with Crippen molar-refractivity contribution in [3.63, 3.8) is 0 Å². The van der Waals surface area contributed by atoms with E-state index < -0.39 is 0 Å². The first kappa shape index (κ1) is 37.2. The molecule has 3 heteroatoms. The molecule has 0 fully saturated rings. The summed E-state index contributed by atoms with van der Waals surface area (Å²) in [6.45, 7) is 4.14. The molecule has 3 nitrogen and oxygen atoms in total. The number of pyridine rings is 1. The maximum atomic E-state index is 5.36. The molecule has 0 N–H and O–H groups in total. The lowest BCUT2D eigenvalue weighted by molar-refractivity contribution is 1.08. The van der Waals surface area contributed by atoms with E-state index in [1.165, 1.54) is 43.8 Å². The number of benzene rings is 9. The summed E-state index contributed by atoms with van der Waals surface area (Å²) < 4.78 is 4.76. The molecule has 0 bridgehead atoms. The van der Waals surface area contributed by atoms with Crippen LogP contribution in [0.25, 0.3) is 117 Å². The van der Waals surface area contributed by atoms with Gasteiger partial charge in [-0.05, 0) is 123 Å². The van der Waals surface area contributed by atoms with E-state index in [4.69, 9.17) is 4.98 Å². The third-order valence-corrected chi connectivity index (χ3v) is 12.6. The number of rotatable bonds is 8. The van der Waals surface area contributed by atoms with E-state index in [9.17, 15) is 0 Å². The van der Waals surface area contributed by atoms with Gasteiger partial charge in [-0.2, -0.15) is 0 Å². The van der Waals surface area contributed by atoms with E-state index in [1.807, 2.05) is 6.08 Å². The zero-order valence-corrected chi connectivity index (χ0v) is 35.1. The molecule has 0 saturated heterocycles. The van der Waals surface area contributed by atoms with Crippen LogP contribution in [-0.2, 0) is 0 Å². The summed E-state index contributed by atoms with van der Waals surface area (Å²) in [6.07, 6.45) is 1.94. The van der Waals surface area contributed by atoms with Gasteiger partial charge in [0.25, 0.3) is 0 Å². The van der Waals surface area contributed by atoms with Crippen molar-refractivity contribution >= 4 is 49.7 Å². The van der Waals surface area contributed by atoms with Gasteiger partial charge in [0, 0.05) is 32.8 Å². The van der Waals surface area contributed by atoms with E-state index in [2.05, 4.69) is 246 Å². The van der Waals surface area contributed by atoms with Crippen molar-refractivity contribution in [3.8, 4) is 67.3 Å². The Hall–Kier alpha value is -8.53. The highest BCUT2D eigenvalue weighted by Gasteiger charge is 2.19. The van der Waals surface area contributed by atoms with Crippen LogP contribution in [0.3, 0.4) is 0 Å². The van der Waals surface area contributed by atoms with Crippen LogP contribution in [0.5, 0.6) is 0 Å². The van der Waals surface area contributed by atoms with Crippen molar-refractivity contribution in [1.82, 2.24) is 14.1 Å². The molecule has 0 spiro atoms. The van der Waals surface area contributed by atoms with E-state index in [1.54, 1.807) is 0 Å². The second kappa shape index (κ2) is 15.4. The van der Waals surface area contributed by atoms with Gasteiger partial charge in [-0.15, -0.1) is 0 Å². The molecule has 0 aliphatic heterocycles. The fourth-order valence-corrected chi connectivity index (χ4v) is 9.54. The van der Waals surface area contributed by atoms with Crippen LogP contribution < -0.4 is 0 Å². The summed E-state index contributed by atoms with van der Waals surface area (Å²) in [4.78, 5) is 5.36. The molecule has 12 rings (SSSR count). The minimum absolute atomic E-state index is 0.887. The average molecular weight is 816 g/mol.